The fraction of sp³-hybridized carbons (Fsp3) is 0.444. The average Bonchev–Trinajstić information content (AvgIpc) is 3.67. The SMILES string of the molecule is CC1=CC=CC2[CH-]C3(C)C4(C)C=CC=CC4(C)C4(C)C=CC=CC4(C)C3(C)C12C.CC1=CC[C-]=C1C(C)(C)C.Cc1ccc([C](=[Zr+2])c2ccc(C)cc2)cc1.[Cl-].[Cl-]. The van der Waals surface area contributed by atoms with Crippen LogP contribution < -0.4 is 24.8 Å². The second-order valence-electron chi connectivity index (χ2n) is 19.7. The fourth-order valence-corrected chi connectivity index (χ4v) is 13.1. The molecule has 0 aliphatic heterocycles. The van der Waals surface area contributed by atoms with Crippen molar-refractivity contribution in [3.8, 4) is 0 Å². The van der Waals surface area contributed by atoms with Crippen molar-refractivity contribution in [2.45, 2.75) is 103 Å². The molecule has 0 N–H and O–H groups in total. The zero-order valence-corrected chi connectivity index (χ0v) is 41.1. The molecule has 0 saturated heterocycles. The minimum Gasteiger partial charge on any atom is -1.00 e. The van der Waals surface area contributed by atoms with Crippen LogP contribution in [0.3, 0.4) is 0 Å². The monoisotopic (exact) mass is 874 g/mol. The van der Waals surface area contributed by atoms with Crippen LogP contribution in [0.2, 0.25) is 0 Å². The molecule has 57 heavy (non-hydrogen) atoms. The minimum atomic E-state index is 0. The largest absolute Gasteiger partial charge is 1.00 e. The molecule has 2 aromatic carbocycles. The first-order valence-corrected chi connectivity index (χ1v) is 21.8. The smallest absolute Gasteiger partial charge is 1.00 e. The van der Waals surface area contributed by atoms with Crippen LogP contribution in [0.15, 0.2) is 138 Å². The van der Waals surface area contributed by atoms with Crippen molar-refractivity contribution in [3.05, 3.63) is 173 Å². The predicted molar refractivity (Wildman–Crippen MR) is 234 cm³/mol. The average molecular weight is 877 g/mol. The van der Waals surface area contributed by atoms with Gasteiger partial charge >= 0.3 is 112 Å². The van der Waals surface area contributed by atoms with Gasteiger partial charge in [-0.3, -0.25) is 6.08 Å². The Balaban J connectivity index is 0.000000217. The Morgan fingerprint density at radius 3 is 1.51 bits per heavy atom. The Labute approximate surface area is 375 Å². The summed E-state index contributed by atoms with van der Waals surface area (Å²) in [7, 11) is 0. The third-order valence-corrected chi connectivity index (χ3v) is 18.0. The van der Waals surface area contributed by atoms with Crippen molar-refractivity contribution in [3.63, 3.8) is 0 Å². The van der Waals surface area contributed by atoms with Gasteiger partial charge in [0, 0.05) is 10.8 Å². The van der Waals surface area contributed by atoms with Gasteiger partial charge in [-0.2, -0.15) is 6.08 Å². The van der Waals surface area contributed by atoms with Crippen LogP contribution in [0.5, 0.6) is 0 Å². The molecule has 2 aromatic rings. The molecule has 0 spiro atoms. The molecule has 8 atom stereocenters. The van der Waals surface area contributed by atoms with Gasteiger partial charge in [-0.15, -0.1) is 30.8 Å². The molecule has 6 aliphatic rings. The molecule has 0 aromatic heterocycles. The summed E-state index contributed by atoms with van der Waals surface area (Å²) < 4.78 is 1.42. The van der Waals surface area contributed by atoms with E-state index in [1.807, 2.05) is 0 Å². The second-order valence-corrected chi connectivity index (χ2v) is 20.9. The molecular weight excluding hydrogens is 811 g/mol. The molecule has 2 saturated carbocycles. The maximum absolute atomic E-state index is 3.37. The van der Waals surface area contributed by atoms with Crippen LogP contribution in [0.4, 0.5) is 0 Å². The van der Waals surface area contributed by atoms with Gasteiger partial charge < -0.3 is 31.2 Å². The second kappa shape index (κ2) is 16.3. The van der Waals surface area contributed by atoms with Gasteiger partial charge in [0.1, 0.15) is 0 Å². The number of fused-ring (bicyclic) bond motifs is 8. The van der Waals surface area contributed by atoms with Crippen LogP contribution in [0.25, 0.3) is 0 Å². The summed E-state index contributed by atoms with van der Waals surface area (Å²) in [6.07, 6.45) is 35.9. The number of rotatable bonds is 2. The third kappa shape index (κ3) is 6.76. The summed E-state index contributed by atoms with van der Waals surface area (Å²) in [4.78, 5) is 0. The molecule has 0 bridgehead atoms. The van der Waals surface area contributed by atoms with Crippen molar-refractivity contribution in [1.82, 2.24) is 0 Å². The van der Waals surface area contributed by atoms with E-state index in [1.165, 1.54) is 66.4 Å². The zero-order chi connectivity index (χ0) is 40.5. The van der Waals surface area contributed by atoms with Crippen LogP contribution in [-0.4, -0.2) is 3.21 Å². The van der Waals surface area contributed by atoms with Gasteiger partial charge in [0.15, 0.2) is 0 Å². The Morgan fingerprint density at radius 1 is 0.649 bits per heavy atom. The Hall–Kier alpha value is -2.31. The summed E-state index contributed by atoms with van der Waals surface area (Å²) in [5, 5.41) is 0. The molecule has 8 rings (SSSR count). The Bertz CT molecular complexity index is 2050. The standard InChI is InChI=1S/C29H37.C15H14.C10H15.2ClH.Zr/c1-21-14-13-15-22-20-27(6)25(4)18-10-9-16-23(25,2)24(3)17-11-12-19-26(24,5)29(27,8)28(21,22)7;1-12-3-7-14(8-4-12)11-15-9-5-13(2)6-10-15;1-8-6-5-7-9(8)10(2,3)4;;;/h9-20,22H,1-8H3;3-10H,1-2H3;6H,5H2,1-4H3;2*1H;/q-1;;-1;;;+2/p-2. The number of hydrogen-bond acceptors (Lipinski definition) is 0. The molecule has 6 aliphatic carbocycles. The number of benzene rings is 2. The maximum Gasteiger partial charge on any atom is -1.00 e. The van der Waals surface area contributed by atoms with Gasteiger partial charge in [-0.05, 0) is 34.0 Å². The van der Waals surface area contributed by atoms with Crippen LogP contribution >= 0.6 is 0 Å². The van der Waals surface area contributed by atoms with Crippen LogP contribution in [-0.2, 0) is 24.2 Å². The van der Waals surface area contributed by atoms with Crippen LogP contribution in [0.1, 0.15) is 112 Å². The molecule has 3 heteroatoms. The Morgan fingerprint density at radius 2 is 1.09 bits per heavy atom. The van der Waals surface area contributed by atoms with Gasteiger partial charge in [-0.25, -0.2) is 11.1 Å². The molecule has 8 unspecified atom stereocenters. The molecule has 0 heterocycles. The quantitative estimate of drug-likeness (QED) is 0.268. The van der Waals surface area contributed by atoms with E-state index in [1.54, 1.807) is 0 Å². The number of hydrogen-bond donors (Lipinski definition) is 0. The van der Waals surface area contributed by atoms with Crippen molar-refractivity contribution >= 4 is 3.21 Å². The van der Waals surface area contributed by atoms with Gasteiger partial charge in [0.2, 0.25) is 0 Å². The van der Waals surface area contributed by atoms with E-state index in [0.717, 1.165) is 6.42 Å². The van der Waals surface area contributed by atoms with Gasteiger partial charge in [0.25, 0.3) is 0 Å². The zero-order valence-electron chi connectivity index (χ0n) is 37.2. The van der Waals surface area contributed by atoms with Gasteiger partial charge in [0.05, 0.1) is 0 Å². The first-order valence-electron chi connectivity index (χ1n) is 20.5. The number of halogens is 2. The molecule has 302 valence electrons. The van der Waals surface area contributed by atoms with Crippen LogP contribution in [0, 0.1) is 75.6 Å². The van der Waals surface area contributed by atoms with Crippen molar-refractivity contribution in [2.75, 3.05) is 0 Å². The normalized spacial score (nSPS) is 36.2. The minimum absolute atomic E-state index is 0. The third-order valence-electron chi connectivity index (χ3n) is 16.5. The first kappa shape index (κ1) is 47.4. The topological polar surface area (TPSA) is 0 Å². The van der Waals surface area contributed by atoms with Gasteiger partial charge in [-0.1, -0.05) is 136 Å². The summed E-state index contributed by atoms with van der Waals surface area (Å²) in [6.45, 7) is 33.4. The van der Waals surface area contributed by atoms with Crippen molar-refractivity contribution in [2.24, 2.45) is 49.2 Å². The van der Waals surface area contributed by atoms with Crippen molar-refractivity contribution in [1.29, 1.82) is 0 Å². The molecule has 0 radical (unpaired) electrons. The first-order chi connectivity index (χ1) is 25.6. The van der Waals surface area contributed by atoms with E-state index in [2.05, 4.69) is 231 Å². The molecule has 0 nitrogen and oxygen atoms in total. The summed E-state index contributed by atoms with van der Waals surface area (Å²) in [5.74, 6) is 0.460. The van der Waals surface area contributed by atoms with E-state index in [4.69, 9.17) is 0 Å². The van der Waals surface area contributed by atoms with Crippen molar-refractivity contribution < 1.29 is 49.0 Å². The molecule has 0 amide bonds. The van der Waals surface area contributed by atoms with E-state index >= 15 is 0 Å². The summed E-state index contributed by atoms with van der Waals surface area (Å²) >= 11 is 1.46. The maximum atomic E-state index is 3.37. The predicted octanol–water partition coefficient (Wildman–Crippen LogP) is 8.19. The number of allylic oxidation sites excluding steroid dienone is 16. The van der Waals surface area contributed by atoms with E-state index < -0.39 is 0 Å². The van der Waals surface area contributed by atoms with E-state index in [9.17, 15) is 0 Å². The van der Waals surface area contributed by atoms with E-state index in [-0.39, 0.29) is 68.1 Å². The fourth-order valence-electron chi connectivity index (χ4n) is 12.3. The number of aryl methyl sites for hydroxylation is 2. The summed E-state index contributed by atoms with van der Waals surface area (Å²) in [6, 6.07) is 17.5. The molecule has 2 fully saturated rings. The molecular formula is C54H66Cl2Zr-2. The van der Waals surface area contributed by atoms with E-state index in [0.29, 0.717) is 5.92 Å². The Kier molecular flexibility index (Phi) is 13.5. The summed E-state index contributed by atoms with van der Waals surface area (Å²) in [5.41, 5.74) is 10.1.